The van der Waals surface area contributed by atoms with Crippen molar-refractivity contribution in [3.05, 3.63) is 71.0 Å². The third-order valence-electron chi connectivity index (χ3n) is 3.72. The zero-order valence-corrected chi connectivity index (χ0v) is 16.3. The van der Waals surface area contributed by atoms with Crippen LogP contribution in [0.4, 0.5) is 4.39 Å². The van der Waals surface area contributed by atoms with Gasteiger partial charge in [0.2, 0.25) is 0 Å². The number of thioether (sulfide) groups is 2. The van der Waals surface area contributed by atoms with Crippen LogP contribution in [0.3, 0.4) is 0 Å². The van der Waals surface area contributed by atoms with Crippen LogP contribution >= 0.6 is 35.7 Å². The number of amides is 1. The summed E-state index contributed by atoms with van der Waals surface area (Å²) in [5.41, 5.74) is 7.93. The van der Waals surface area contributed by atoms with Gasteiger partial charge in [0.15, 0.2) is 5.11 Å². The highest BCUT2D eigenvalue weighted by atomic mass is 32.2. The molecular weight excluding hydrogens is 389 g/mol. The van der Waals surface area contributed by atoms with Gasteiger partial charge in [-0.25, -0.2) is 4.39 Å². The largest absolute Gasteiger partial charge is 0.357 e. The van der Waals surface area contributed by atoms with Crippen molar-refractivity contribution in [1.82, 2.24) is 16.2 Å². The lowest BCUT2D eigenvalue weighted by atomic mass is 10.1. The van der Waals surface area contributed by atoms with E-state index in [1.165, 1.54) is 29.2 Å². The van der Waals surface area contributed by atoms with E-state index in [2.05, 4.69) is 16.2 Å². The summed E-state index contributed by atoms with van der Waals surface area (Å²) < 4.78 is 13.3. The molecule has 1 aliphatic heterocycles. The topological polar surface area (TPSA) is 53.2 Å². The van der Waals surface area contributed by atoms with Crippen LogP contribution in [-0.2, 0) is 6.54 Å². The van der Waals surface area contributed by atoms with Crippen LogP contribution in [0.2, 0.25) is 0 Å². The first-order valence-corrected chi connectivity index (χ1v) is 10.5. The molecule has 0 unspecified atom stereocenters. The molecular formula is C18H18FN3OS3. The summed E-state index contributed by atoms with van der Waals surface area (Å²) in [5, 5.41) is 3.24. The predicted octanol–water partition coefficient (Wildman–Crippen LogP) is 3.61. The van der Waals surface area contributed by atoms with Crippen molar-refractivity contribution in [2.75, 3.05) is 11.5 Å². The fraction of sp³-hybridized carbons (Fsp3) is 0.222. The second-order valence-corrected chi connectivity index (χ2v) is 8.72. The normalized spacial score (nSPS) is 14.0. The Morgan fingerprint density at radius 1 is 1.04 bits per heavy atom. The van der Waals surface area contributed by atoms with E-state index in [4.69, 9.17) is 12.2 Å². The van der Waals surface area contributed by atoms with Crippen LogP contribution in [0.1, 0.15) is 26.1 Å². The minimum absolute atomic E-state index is 0.255. The fourth-order valence-electron chi connectivity index (χ4n) is 2.36. The average Bonchev–Trinajstić information content (AvgIpc) is 3.20. The summed E-state index contributed by atoms with van der Waals surface area (Å²) in [7, 11) is 0. The maximum absolute atomic E-state index is 12.9. The second-order valence-electron chi connectivity index (χ2n) is 5.58. The third-order valence-corrected chi connectivity index (χ3v) is 7.07. The van der Waals surface area contributed by atoms with Gasteiger partial charge in [-0.05, 0) is 47.6 Å². The molecule has 1 aliphatic rings. The van der Waals surface area contributed by atoms with Crippen molar-refractivity contribution >= 4 is 46.8 Å². The highest BCUT2D eigenvalue weighted by Crippen LogP contribution is 2.45. The fourth-order valence-corrected chi connectivity index (χ4v) is 5.34. The van der Waals surface area contributed by atoms with E-state index in [0.29, 0.717) is 16.7 Å². The molecule has 1 heterocycles. The molecule has 1 saturated heterocycles. The van der Waals surface area contributed by atoms with E-state index in [9.17, 15) is 9.18 Å². The summed E-state index contributed by atoms with van der Waals surface area (Å²) in [6.07, 6.45) is 0. The van der Waals surface area contributed by atoms with Gasteiger partial charge in [0.25, 0.3) is 5.91 Å². The molecule has 0 saturated carbocycles. The van der Waals surface area contributed by atoms with Gasteiger partial charge in [0.05, 0.1) is 4.58 Å². The Hall–Kier alpha value is -1.77. The van der Waals surface area contributed by atoms with E-state index in [1.807, 2.05) is 47.8 Å². The standard InChI is InChI=1S/C18H18FN3OS3/c19-15-7-1-12(2-8-15)11-20-18(24)22-21-16(23)13-3-5-14(6-4-13)17-25-9-10-26-17/h1-8,17H,9-11H2,(H,21,23)(H2,20,22,24). The third kappa shape index (κ3) is 5.36. The summed E-state index contributed by atoms with van der Waals surface area (Å²) in [4.78, 5) is 12.2. The second kappa shape index (κ2) is 9.25. The maximum atomic E-state index is 12.9. The Labute approximate surface area is 165 Å². The minimum atomic E-state index is -0.280. The molecule has 136 valence electrons. The van der Waals surface area contributed by atoms with Gasteiger partial charge < -0.3 is 5.32 Å². The Bertz CT molecular complexity index is 762. The molecule has 2 aromatic carbocycles. The number of halogens is 1. The molecule has 26 heavy (non-hydrogen) atoms. The molecule has 3 N–H and O–H groups in total. The molecule has 0 radical (unpaired) electrons. The number of benzene rings is 2. The summed E-state index contributed by atoms with van der Waals surface area (Å²) in [5.74, 6) is 1.81. The molecule has 0 atom stereocenters. The Balaban J connectivity index is 1.44. The number of thiocarbonyl (C=S) groups is 1. The highest BCUT2D eigenvalue weighted by Gasteiger charge is 2.18. The molecule has 0 spiro atoms. The van der Waals surface area contributed by atoms with Gasteiger partial charge in [0.1, 0.15) is 5.82 Å². The van der Waals surface area contributed by atoms with Crippen LogP contribution < -0.4 is 16.2 Å². The zero-order chi connectivity index (χ0) is 18.4. The van der Waals surface area contributed by atoms with Crippen molar-refractivity contribution in [3.63, 3.8) is 0 Å². The van der Waals surface area contributed by atoms with Crippen molar-refractivity contribution in [1.29, 1.82) is 0 Å². The number of rotatable bonds is 4. The van der Waals surface area contributed by atoms with Gasteiger partial charge in [0, 0.05) is 23.6 Å². The smallest absolute Gasteiger partial charge is 0.269 e. The van der Waals surface area contributed by atoms with E-state index in [1.54, 1.807) is 12.1 Å². The van der Waals surface area contributed by atoms with Crippen molar-refractivity contribution < 1.29 is 9.18 Å². The minimum Gasteiger partial charge on any atom is -0.357 e. The average molecular weight is 408 g/mol. The van der Waals surface area contributed by atoms with Gasteiger partial charge in [-0.3, -0.25) is 15.6 Å². The van der Waals surface area contributed by atoms with Gasteiger partial charge in [-0.15, -0.1) is 23.5 Å². The van der Waals surface area contributed by atoms with E-state index in [-0.39, 0.29) is 16.8 Å². The predicted molar refractivity (Wildman–Crippen MR) is 111 cm³/mol. The molecule has 4 nitrogen and oxygen atoms in total. The maximum Gasteiger partial charge on any atom is 0.269 e. The van der Waals surface area contributed by atoms with Gasteiger partial charge in [-0.2, -0.15) is 0 Å². The molecule has 2 aromatic rings. The Kier molecular flexibility index (Phi) is 6.76. The highest BCUT2D eigenvalue weighted by molar-refractivity contribution is 8.19. The summed E-state index contributed by atoms with van der Waals surface area (Å²) >= 11 is 8.99. The molecule has 8 heteroatoms. The number of nitrogens with one attached hydrogen (secondary N) is 3. The van der Waals surface area contributed by atoms with Crippen LogP contribution in [-0.4, -0.2) is 22.5 Å². The van der Waals surface area contributed by atoms with E-state index >= 15 is 0 Å². The zero-order valence-electron chi connectivity index (χ0n) is 13.8. The first-order valence-electron chi connectivity index (χ1n) is 8.03. The van der Waals surface area contributed by atoms with Gasteiger partial charge in [-0.1, -0.05) is 24.3 Å². The number of carbonyl (C=O) groups is 1. The molecule has 1 fully saturated rings. The number of carbonyl (C=O) groups excluding carboxylic acids is 1. The van der Waals surface area contributed by atoms with Crippen LogP contribution in [0.5, 0.6) is 0 Å². The monoisotopic (exact) mass is 407 g/mol. The molecule has 0 aromatic heterocycles. The molecule has 1 amide bonds. The summed E-state index contributed by atoms with van der Waals surface area (Å²) in [6, 6.07) is 13.8. The SMILES string of the molecule is O=C(NNC(=S)NCc1ccc(F)cc1)c1ccc(C2SCCS2)cc1. The lowest BCUT2D eigenvalue weighted by molar-refractivity contribution is 0.0943. The molecule has 0 aliphatic carbocycles. The number of hydrogen-bond acceptors (Lipinski definition) is 4. The van der Waals surface area contributed by atoms with Crippen molar-refractivity contribution in [2.45, 2.75) is 11.1 Å². The van der Waals surface area contributed by atoms with Crippen LogP contribution in [0.25, 0.3) is 0 Å². The van der Waals surface area contributed by atoms with Crippen molar-refractivity contribution in [3.8, 4) is 0 Å². The van der Waals surface area contributed by atoms with Crippen LogP contribution in [0, 0.1) is 5.82 Å². The Morgan fingerprint density at radius 2 is 1.69 bits per heavy atom. The number of hydrogen-bond donors (Lipinski definition) is 3. The number of hydrazine groups is 1. The van der Waals surface area contributed by atoms with E-state index < -0.39 is 0 Å². The molecule has 3 rings (SSSR count). The van der Waals surface area contributed by atoms with Gasteiger partial charge >= 0.3 is 0 Å². The molecule has 0 bridgehead atoms. The first-order chi connectivity index (χ1) is 12.6. The quantitative estimate of drug-likeness (QED) is 0.532. The first kappa shape index (κ1) is 19.0. The lowest BCUT2D eigenvalue weighted by Crippen LogP contribution is -2.46. The van der Waals surface area contributed by atoms with Crippen LogP contribution in [0.15, 0.2) is 48.5 Å². The lowest BCUT2D eigenvalue weighted by Gasteiger charge is -2.12. The van der Waals surface area contributed by atoms with Crippen molar-refractivity contribution in [2.24, 2.45) is 0 Å². The summed E-state index contributed by atoms with van der Waals surface area (Å²) in [6.45, 7) is 0.438. The Morgan fingerprint density at radius 3 is 2.35 bits per heavy atom. The van der Waals surface area contributed by atoms with E-state index in [0.717, 1.165) is 5.56 Å².